The molecule has 22 heavy (non-hydrogen) atoms. The van der Waals surface area contributed by atoms with Gasteiger partial charge in [0.1, 0.15) is 0 Å². The summed E-state index contributed by atoms with van der Waals surface area (Å²) in [4.78, 5) is 28.8. The van der Waals surface area contributed by atoms with Crippen molar-refractivity contribution in [1.29, 1.82) is 0 Å². The molecular formula is C13H14Br2N6O. The van der Waals surface area contributed by atoms with Gasteiger partial charge < -0.3 is 11.5 Å². The molecule has 0 amide bonds. The fraction of sp³-hybridized carbons (Fsp3) is 0.308. The minimum absolute atomic E-state index is 0.0371. The molecule has 0 spiro atoms. The molecule has 0 saturated heterocycles. The Kier molecular flexibility index (Phi) is 5.78. The Labute approximate surface area is 144 Å². The van der Waals surface area contributed by atoms with Crippen LogP contribution < -0.4 is 11.5 Å². The summed E-state index contributed by atoms with van der Waals surface area (Å²) in [6.07, 6.45) is 3.07. The first-order valence-electron chi connectivity index (χ1n) is 6.39. The molecule has 4 N–H and O–H groups in total. The van der Waals surface area contributed by atoms with Gasteiger partial charge in [-0.2, -0.15) is 0 Å². The van der Waals surface area contributed by atoms with E-state index >= 15 is 0 Å². The number of hydrogen-bond donors (Lipinski definition) is 2. The second kappa shape index (κ2) is 7.59. The van der Waals surface area contributed by atoms with E-state index in [4.69, 9.17) is 11.5 Å². The molecule has 0 fully saturated rings. The molecule has 2 rings (SSSR count). The third kappa shape index (κ3) is 3.77. The number of hydrogen-bond acceptors (Lipinski definition) is 7. The second-order valence-corrected chi connectivity index (χ2v) is 5.79. The van der Waals surface area contributed by atoms with Crippen LogP contribution in [-0.2, 0) is 4.79 Å². The summed E-state index contributed by atoms with van der Waals surface area (Å²) < 4.78 is 0. The van der Waals surface area contributed by atoms with Crippen LogP contribution in [-0.4, -0.2) is 36.4 Å². The van der Waals surface area contributed by atoms with Crippen LogP contribution >= 0.6 is 31.9 Å². The highest BCUT2D eigenvalue weighted by atomic mass is 79.9. The highest BCUT2D eigenvalue weighted by Crippen LogP contribution is 2.28. The lowest BCUT2D eigenvalue weighted by Gasteiger charge is -2.19. The van der Waals surface area contributed by atoms with E-state index in [-0.39, 0.29) is 17.7 Å². The van der Waals surface area contributed by atoms with Crippen molar-refractivity contribution in [2.75, 3.05) is 22.1 Å². The third-order valence-electron chi connectivity index (χ3n) is 3.10. The van der Waals surface area contributed by atoms with Crippen molar-refractivity contribution < 1.29 is 4.79 Å². The smallest absolute Gasteiger partial charge is 0.220 e. The van der Waals surface area contributed by atoms with Crippen molar-refractivity contribution in [2.24, 2.45) is 0 Å². The molecular weight excluding hydrogens is 416 g/mol. The Bertz CT molecular complexity index is 613. The van der Waals surface area contributed by atoms with Gasteiger partial charge in [-0.05, 0) is 12.1 Å². The predicted molar refractivity (Wildman–Crippen MR) is 91.0 cm³/mol. The number of nitrogen functional groups attached to an aromatic ring is 2. The lowest BCUT2D eigenvalue weighted by Crippen LogP contribution is -2.25. The molecule has 0 aliphatic heterocycles. The molecule has 116 valence electrons. The Balaban J connectivity index is 2.33. The average molecular weight is 430 g/mol. The van der Waals surface area contributed by atoms with E-state index in [0.29, 0.717) is 22.0 Å². The molecule has 0 aliphatic carbocycles. The van der Waals surface area contributed by atoms with E-state index in [0.717, 1.165) is 0 Å². The van der Waals surface area contributed by atoms with E-state index in [2.05, 4.69) is 51.8 Å². The molecule has 2 atom stereocenters. The number of rotatable bonds is 6. The van der Waals surface area contributed by atoms with Crippen LogP contribution in [0.15, 0.2) is 24.5 Å². The molecule has 2 unspecified atom stereocenters. The molecule has 0 aliphatic rings. The van der Waals surface area contributed by atoms with Crippen LogP contribution in [0.1, 0.15) is 23.2 Å². The van der Waals surface area contributed by atoms with Crippen LogP contribution in [0.4, 0.5) is 11.9 Å². The molecule has 0 radical (unpaired) electrons. The maximum Gasteiger partial charge on any atom is 0.220 e. The number of anilines is 2. The first-order chi connectivity index (χ1) is 10.6. The number of carbonyl (C=O) groups excluding carboxylic acids is 1. The van der Waals surface area contributed by atoms with Gasteiger partial charge in [-0.15, -0.1) is 0 Å². The van der Waals surface area contributed by atoms with E-state index in [1.54, 1.807) is 12.1 Å². The average Bonchev–Trinajstić information content (AvgIpc) is 2.49. The number of halogens is 2. The molecule has 2 heterocycles. The first kappa shape index (κ1) is 16.8. The van der Waals surface area contributed by atoms with Crippen molar-refractivity contribution >= 4 is 49.5 Å². The molecule has 9 heteroatoms. The summed E-state index contributed by atoms with van der Waals surface area (Å²) in [7, 11) is 0. The van der Waals surface area contributed by atoms with E-state index in [9.17, 15) is 4.79 Å². The van der Waals surface area contributed by atoms with Gasteiger partial charge in [-0.25, -0.2) is 19.9 Å². The van der Waals surface area contributed by atoms with Crippen molar-refractivity contribution in [3.63, 3.8) is 0 Å². The number of nitrogens with zero attached hydrogens (tertiary/aromatic N) is 4. The van der Waals surface area contributed by atoms with Gasteiger partial charge in [0.25, 0.3) is 0 Å². The van der Waals surface area contributed by atoms with Crippen molar-refractivity contribution in [2.45, 2.75) is 11.8 Å². The standard InChI is InChI=1S/C13H14Br2N6O/c14-5-7(9-1-3-18-12(16)20-9)11(22)8(6-15)10-2-4-19-13(17)21-10/h1-4,7-8H,5-6H2,(H2,16,18,20)(H2,17,19,21). The minimum Gasteiger partial charge on any atom is -0.368 e. The van der Waals surface area contributed by atoms with Gasteiger partial charge in [0.2, 0.25) is 11.9 Å². The molecule has 7 nitrogen and oxygen atoms in total. The van der Waals surface area contributed by atoms with Gasteiger partial charge in [-0.3, -0.25) is 4.79 Å². The van der Waals surface area contributed by atoms with Gasteiger partial charge in [0, 0.05) is 23.1 Å². The highest BCUT2D eigenvalue weighted by Gasteiger charge is 2.30. The Morgan fingerprint density at radius 3 is 1.68 bits per heavy atom. The topological polar surface area (TPSA) is 121 Å². The summed E-state index contributed by atoms with van der Waals surface area (Å²) in [5, 5.41) is 0.846. The van der Waals surface area contributed by atoms with Crippen molar-refractivity contribution in [3.05, 3.63) is 35.9 Å². The number of nitrogens with two attached hydrogens (primary N) is 2. The van der Waals surface area contributed by atoms with Gasteiger partial charge in [-0.1, -0.05) is 31.9 Å². The summed E-state index contributed by atoms with van der Waals surface area (Å²) in [6.45, 7) is 0. The van der Waals surface area contributed by atoms with Gasteiger partial charge in [0.05, 0.1) is 23.2 Å². The second-order valence-electron chi connectivity index (χ2n) is 4.50. The van der Waals surface area contributed by atoms with Crippen LogP contribution in [0.2, 0.25) is 0 Å². The van der Waals surface area contributed by atoms with Crippen LogP contribution in [0.5, 0.6) is 0 Å². The third-order valence-corrected chi connectivity index (χ3v) is 4.40. The van der Waals surface area contributed by atoms with E-state index in [1.807, 2.05) is 0 Å². The monoisotopic (exact) mass is 428 g/mol. The Morgan fingerprint density at radius 1 is 0.955 bits per heavy atom. The zero-order valence-electron chi connectivity index (χ0n) is 11.5. The molecule has 0 saturated carbocycles. The van der Waals surface area contributed by atoms with E-state index in [1.165, 1.54) is 12.4 Å². The van der Waals surface area contributed by atoms with E-state index < -0.39 is 11.8 Å². The maximum absolute atomic E-state index is 12.9. The zero-order valence-corrected chi connectivity index (χ0v) is 14.7. The Hall–Kier alpha value is -1.61. The van der Waals surface area contributed by atoms with Crippen LogP contribution in [0, 0.1) is 0 Å². The summed E-state index contributed by atoms with van der Waals surface area (Å²) >= 11 is 6.73. The summed E-state index contributed by atoms with van der Waals surface area (Å²) in [5.41, 5.74) is 12.3. The summed E-state index contributed by atoms with van der Waals surface area (Å²) in [5.74, 6) is -0.672. The molecule has 0 bridgehead atoms. The number of ketones is 1. The molecule has 0 aromatic carbocycles. The largest absolute Gasteiger partial charge is 0.368 e. The number of Topliss-reactive ketones (excluding diaryl/α,β-unsaturated/α-hetero) is 1. The molecule has 2 aromatic rings. The zero-order chi connectivity index (χ0) is 16.1. The maximum atomic E-state index is 12.9. The lowest BCUT2D eigenvalue weighted by atomic mass is 9.90. The van der Waals surface area contributed by atoms with Crippen LogP contribution in [0.25, 0.3) is 0 Å². The lowest BCUT2D eigenvalue weighted by molar-refractivity contribution is -0.121. The first-order valence-corrected chi connectivity index (χ1v) is 8.63. The van der Waals surface area contributed by atoms with Crippen molar-refractivity contribution in [1.82, 2.24) is 19.9 Å². The number of alkyl halides is 2. The van der Waals surface area contributed by atoms with Gasteiger partial charge >= 0.3 is 0 Å². The Morgan fingerprint density at radius 2 is 1.36 bits per heavy atom. The van der Waals surface area contributed by atoms with Crippen LogP contribution in [0.3, 0.4) is 0 Å². The molecule has 2 aromatic heterocycles. The van der Waals surface area contributed by atoms with Gasteiger partial charge in [0.15, 0.2) is 5.78 Å². The summed E-state index contributed by atoms with van der Waals surface area (Å²) in [6, 6.07) is 3.36. The predicted octanol–water partition coefficient (Wildman–Crippen LogP) is 1.66. The normalized spacial score (nSPS) is 13.5. The fourth-order valence-corrected chi connectivity index (χ4v) is 3.31. The minimum atomic E-state index is -0.455. The SMILES string of the molecule is Nc1nccc(C(CBr)C(=O)C(CBr)c2ccnc(N)n2)n1. The highest BCUT2D eigenvalue weighted by molar-refractivity contribution is 9.09. The van der Waals surface area contributed by atoms with Crippen molar-refractivity contribution in [3.8, 4) is 0 Å². The fourth-order valence-electron chi connectivity index (χ4n) is 2.01. The quantitative estimate of drug-likeness (QED) is 0.669. The number of aromatic nitrogens is 4. The number of carbonyl (C=O) groups is 1.